The van der Waals surface area contributed by atoms with E-state index in [0.29, 0.717) is 5.56 Å². The van der Waals surface area contributed by atoms with E-state index in [9.17, 15) is 19.5 Å². The van der Waals surface area contributed by atoms with Crippen molar-refractivity contribution in [3.8, 4) is 0 Å². The number of β-lactam (4-membered cyclic amide) rings is 1. The molecule has 0 aliphatic carbocycles. The summed E-state index contributed by atoms with van der Waals surface area (Å²) in [4.78, 5) is 38.1. The molecule has 3 atom stereocenters. The molecular weight excluding hydrogens is 342 g/mol. The van der Waals surface area contributed by atoms with Gasteiger partial charge in [-0.25, -0.2) is 4.79 Å². The molecule has 8 heteroatoms. The number of anilines is 1. The van der Waals surface area contributed by atoms with E-state index in [2.05, 4.69) is 10.6 Å². The van der Waals surface area contributed by atoms with Crippen molar-refractivity contribution in [2.24, 2.45) is 0 Å². The molecule has 2 fully saturated rings. The van der Waals surface area contributed by atoms with Crippen LogP contribution in [0.25, 0.3) is 0 Å². The predicted octanol–water partition coefficient (Wildman–Crippen LogP) is 1.36. The normalized spacial score (nSPS) is 29.6. The maximum atomic E-state index is 12.7. The molecule has 7 nitrogen and oxygen atoms in total. The summed E-state index contributed by atoms with van der Waals surface area (Å²) in [7, 11) is 1.79. The van der Waals surface area contributed by atoms with Crippen molar-refractivity contribution >= 4 is 35.2 Å². The molecule has 2 heterocycles. The van der Waals surface area contributed by atoms with Gasteiger partial charge in [0.25, 0.3) is 11.8 Å². The van der Waals surface area contributed by atoms with Crippen molar-refractivity contribution in [2.75, 3.05) is 12.4 Å². The van der Waals surface area contributed by atoms with Crippen LogP contribution in [0.4, 0.5) is 5.69 Å². The zero-order valence-corrected chi connectivity index (χ0v) is 15.3. The lowest BCUT2D eigenvalue weighted by atomic mass is 9.86. The number of thioether (sulfide) groups is 1. The number of carboxylic acid groups (broad SMARTS) is 1. The van der Waals surface area contributed by atoms with E-state index in [0.717, 1.165) is 5.69 Å². The second-order valence-electron chi connectivity index (χ2n) is 7.01. The minimum atomic E-state index is -1.11. The van der Waals surface area contributed by atoms with Crippen LogP contribution in [0.1, 0.15) is 31.1 Å². The van der Waals surface area contributed by atoms with E-state index < -0.39 is 27.7 Å². The first-order chi connectivity index (χ1) is 11.6. The van der Waals surface area contributed by atoms with Crippen LogP contribution < -0.4 is 10.6 Å². The number of carbonyl (C=O) groups is 3. The van der Waals surface area contributed by atoms with Crippen LogP contribution in [0.15, 0.2) is 24.3 Å². The fraction of sp³-hybridized carbons (Fsp3) is 0.471. The Morgan fingerprint density at radius 2 is 1.80 bits per heavy atom. The molecule has 25 heavy (non-hydrogen) atoms. The van der Waals surface area contributed by atoms with Gasteiger partial charge in [0.15, 0.2) is 0 Å². The molecule has 2 amide bonds. The number of nitrogens with zero attached hydrogens (tertiary/aromatic N) is 1. The molecule has 3 N–H and O–H groups in total. The van der Waals surface area contributed by atoms with E-state index in [4.69, 9.17) is 0 Å². The Morgan fingerprint density at radius 3 is 2.32 bits per heavy atom. The molecule has 0 saturated carbocycles. The molecule has 2 aliphatic rings. The molecule has 0 bridgehead atoms. The number of benzene rings is 1. The van der Waals surface area contributed by atoms with Gasteiger partial charge in [-0.2, -0.15) is 0 Å². The van der Waals surface area contributed by atoms with Gasteiger partial charge in [-0.05, 0) is 45.0 Å². The predicted molar refractivity (Wildman–Crippen MR) is 95.6 cm³/mol. The highest BCUT2D eigenvalue weighted by atomic mass is 32.2. The number of carbonyl (C=O) groups excluding carboxylic acids is 2. The average molecular weight is 363 g/mol. The topological polar surface area (TPSA) is 98.7 Å². The largest absolute Gasteiger partial charge is 0.480 e. The monoisotopic (exact) mass is 363 g/mol. The zero-order valence-electron chi connectivity index (χ0n) is 14.5. The number of amides is 2. The van der Waals surface area contributed by atoms with E-state index >= 15 is 0 Å². The fourth-order valence-corrected chi connectivity index (χ4v) is 5.08. The standard InChI is InChI=1S/C17H21N3O4S/c1-16(2)11(13(22)23)20-14(24)17(3,15(20)25-16)19-12(21)9-5-7-10(18-4)8-6-9/h5-8,11,15,18H,1-4H3,(H,19,21)(H,22,23)/t11-,15+,17?/m0/s1. The molecule has 1 aromatic carbocycles. The Morgan fingerprint density at radius 1 is 1.20 bits per heavy atom. The summed E-state index contributed by atoms with van der Waals surface area (Å²) in [6.07, 6.45) is 0. The number of nitrogens with one attached hydrogen (secondary N) is 2. The van der Waals surface area contributed by atoms with Crippen molar-refractivity contribution < 1.29 is 19.5 Å². The van der Waals surface area contributed by atoms with Gasteiger partial charge < -0.3 is 20.6 Å². The van der Waals surface area contributed by atoms with Crippen LogP contribution in [-0.2, 0) is 9.59 Å². The Bertz CT molecular complexity index is 749. The smallest absolute Gasteiger partial charge is 0.327 e. The molecule has 2 aliphatic heterocycles. The lowest BCUT2D eigenvalue weighted by Crippen LogP contribution is -2.78. The summed E-state index contributed by atoms with van der Waals surface area (Å²) in [6, 6.07) is 6.02. The van der Waals surface area contributed by atoms with Crippen molar-refractivity contribution in [1.29, 1.82) is 0 Å². The summed E-state index contributed by atoms with van der Waals surface area (Å²) < 4.78 is -0.622. The van der Waals surface area contributed by atoms with Crippen molar-refractivity contribution in [3.63, 3.8) is 0 Å². The molecule has 1 aromatic rings. The Balaban J connectivity index is 1.80. The first kappa shape index (κ1) is 17.6. The van der Waals surface area contributed by atoms with Gasteiger partial charge in [0.2, 0.25) is 0 Å². The number of carboxylic acids is 1. The lowest BCUT2D eigenvalue weighted by molar-refractivity contribution is -0.165. The van der Waals surface area contributed by atoms with Crippen LogP contribution in [0.5, 0.6) is 0 Å². The lowest BCUT2D eigenvalue weighted by Gasteiger charge is -2.51. The zero-order chi connectivity index (χ0) is 18.6. The molecule has 0 spiro atoms. The number of rotatable bonds is 4. The Hall–Kier alpha value is -2.22. The van der Waals surface area contributed by atoms with Crippen LogP contribution in [-0.4, -0.2) is 56.5 Å². The van der Waals surface area contributed by atoms with Gasteiger partial charge in [0.1, 0.15) is 17.0 Å². The van der Waals surface area contributed by atoms with Crippen LogP contribution in [0.2, 0.25) is 0 Å². The van der Waals surface area contributed by atoms with E-state index in [1.54, 1.807) is 52.1 Å². The highest BCUT2D eigenvalue weighted by Gasteiger charge is 2.70. The highest BCUT2D eigenvalue weighted by molar-refractivity contribution is 8.01. The SMILES string of the molecule is CNc1ccc(C(=O)NC2(C)C(=O)N3[C@@H](C(=O)O)C(C)(C)S[C@@H]32)cc1. The summed E-state index contributed by atoms with van der Waals surface area (Å²) in [5, 5.41) is 14.9. The van der Waals surface area contributed by atoms with Crippen molar-refractivity contribution in [2.45, 2.75) is 42.5 Å². The average Bonchev–Trinajstić information content (AvgIpc) is 2.84. The minimum absolute atomic E-state index is 0.352. The van der Waals surface area contributed by atoms with E-state index in [-0.39, 0.29) is 11.8 Å². The highest BCUT2D eigenvalue weighted by Crippen LogP contribution is 2.54. The van der Waals surface area contributed by atoms with Crippen molar-refractivity contribution in [3.05, 3.63) is 29.8 Å². The first-order valence-electron chi connectivity index (χ1n) is 7.95. The van der Waals surface area contributed by atoms with Gasteiger partial charge in [-0.3, -0.25) is 9.59 Å². The van der Waals surface area contributed by atoms with Crippen LogP contribution in [0.3, 0.4) is 0 Å². The van der Waals surface area contributed by atoms with Gasteiger partial charge >= 0.3 is 5.97 Å². The van der Waals surface area contributed by atoms with Crippen molar-refractivity contribution in [1.82, 2.24) is 10.2 Å². The second-order valence-corrected chi connectivity index (χ2v) is 8.75. The molecule has 1 unspecified atom stereocenters. The van der Waals surface area contributed by atoms with E-state index in [1.165, 1.54) is 16.7 Å². The van der Waals surface area contributed by atoms with Crippen LogP contribution in [0, 0.1) is 0 Å². The minimum Gasteiger partial charge on any atom is -0.480 e. The van der Waals surface area contributed by atoms with Gasteiger partial charge in [0.05, 0.1) is 0 Å². The summed E-state index contributed by atoms with van der Waals surface area (Å²) >= 11 is 1.41. The second kappa shape index (κ2) is 5.66. The first-order valence-corrected chi connectivity index (χ1v) is 8.83. The molecule has 3 rings (SSSR count). The molecule has 0 radical (unpaired) electrons. The third-order valence-corrected chi connectivity index (χ3v) is 6.57. The van der Waals surface area contributed by atoms with E-state index in [1.807, 2.05) is 0 Å². The number of hydrogen-bond donors (Lipinski definition) is 3. The molecule has 0 aromatic heterocycles. The van der Waals surface area contributed by atoms with Gasteiger partial charge in [0, 0.05) is 23.0 Å². The Labute approximate surface area is 150 Å². The molecule has 134 valence electrons. The maximum Gasteiger partial charge on any atom is 0.327 e. The van der Waals surface area contributed by atoms with Crippen LogP contribution >= 0.6 is 11.8 Å². The number of fused-ring (bicyclic) bond motifs is 1. The van der Waals surface area contributed by atoms with Gasteiger partial charge in [-0.1, -0.05) is 0 Å². The summed E-state index contributed by atoms with van der Waals surface area (Å²) in [5.41, 5.74) is 0.222. The number of aliphatic carboxylic acids is 1. The summed E-state index contributed by atoms with van der Waals surface area (Å²) in [6.45, 7) is 5.27. The summed E-state index contributed by atoms with van der Waals surface area (Å²) in [5.74, 6) is -1.73. The third kappa shape index (κ3) is 2.55. The molecular formula is C17H21N3O4S. The van der Waals surface area contributed by atoms with Gasteiger partial charge in [-0.15, -0.1) is 11.8 Å². The fourth-order valence-electron chi connectivity index (χ4n) is 3.43. The number of hydrogen-bond acceptors (Lipinski definition) is 5. The maximum absolute atomic E-state index is 12.7. The molecule has 2 saturated heterocycles. The third-order valence-electron chi connectivity index (χ3n) is 4.82. The Kier molecular flexibility index (Phi) is 3.98. The quantitative estimate of drug-likeness (QED) is 0.699.